The maximum Gasteiger partial charge on any atom is 0.406 e. The fraction of sp³-hybridized carbons (Fsp3) is 0.632. The van der Waals surface area contributed by atoms with E-state index < -0.39 is 24.0 Å². The van der Waals surface area contributed by atoms with Crippen LogP contribution in [0.5, 0.6) is 11.5 Å². The number of alkyl halides is 3. The van der Waals surface area contributed by atoms with E-state index in [1.54, 1.807) is 33.8 Å². The van der Waals surface area contributed by atoms with Gasteiger partial charge in [0, 0.05) is 12.1 Å². The highest BCUT2D eigenvalue weighted by atomic mass is 19.4. The molecule has 0 radical (unpaired) electrons. The molecule has 0 aromatic heterocycles. The largest absolute Gasteiger partial charge is 0.490 e. The molecule has 0 aliphatic rings. The Bertz CT molecular complexity index is 579. The molecular formula is C19H28F3NO3. The van der Waals surface area contributed by atoms with Crippen molar-refractivity contribution in [2.45, 2.75) is 47.2 Å². The number of carbonyl (C=O) groups is 1. The predicted octanol–water partition coefficient (Wildman–Crippen LogP) is 4.92. The summed E-state index contributed by atoms with van der Waals surface area (Å²) in [6.45, 7) is 8.65. The Morgan fingerprint density at radius 3 is 2.19 bits per heavy atom. The van der Waals surface area contributed by atoms with E-state index in [1.165, 1.54) is 12.1 Å². The monoisotopic (exact) mass is 375 g/mol. The van der Waals surface area contributed by atoms with Gasteiger partial charge in [-0.25, -0.2) is 0 Å². The van der Waals surface area contributed by atoms with Crippen LogP contribution in [0.4, 0.5) is 13.2 Å². The zero-order valence-corrected chi connectivity index (χ0v) is 16.1. The van der Waals surface area contributed by atoms with E-state index in [9.17, 15) is 18.0 Å². The van der Waals surface area contributed by atoms with Gasteiger partial charge in [0.1, 0.15) is 6.54 Å². The topological polar surface area (TPSA) is 38.8 Å². The van der Waals surface area contributed by atoms with E-state index in [0.29, 0.717) is 24.7 Å². The van der Waals surface area contributed by atoms with Crippen molar-refractivity contribution in [3.8, 4) is 11.5 Å². The van der Waals surface area contributed by atoms with Gasteiger partial charge in [-0.15, -0.1) is 0 Å². The van der Waals surface area contributed by atoms with Crippen LogP contribution < -0.4 is 9.47 Å². The summed E-state index contributed by atoms with van der Waals surface area (Å²) in [6.07, 6.45) is -3.66. The number of nitrogens with zero attached hydrogens (tertiary/aromatic N) is 1. The molecule has 148 valence electrons. The van der Waals surface area contributed by atoms with Crippen LogP contribution in [0.15, 0.2) is 18.2 Å². The Morgan fingerprint density at radius 1 is 1.04 bits per heavy atom. The molecule has 1 rings (SSSR count). The molecule has 0 aliphatic carbocycles. The molecule has 26 heavy (non-hydrogen) atoms. The highest BCUT2D eigenvalue weighted by molar-refractivity contribution is 5.95. The second-order valence-corrected chi connectivity index (χ2v) is 7.28. The summed E-state index contributed by atoms with van der Waals surface area (Å²) in [5, 5.41) is 0. The van der Waals surface area contributed by atoms with Crippen molar-refractivity contribution in [2.24, 2.45) is 5.41 Å². The fourth-order valence-corrected chi connectivity index (χ4v) is 2.41. The number of hydrogen-bond donors (Lipinski definition) is 0. The van der Waals surface area contributed by atoms with Gasteiger partial charge in [-0.2, -0.15) is 13.2 Å². The standard InChI is InChI=1S/C19H28F3NO3/c1-6-10-26-15-9-8-14(11-16(15)25-7-2)17(24)23(12-18(3,4)5)13-19(20,21)22/h8-9,11H,6-7,10,12-13H2,1-5H3. The molecule has 0 N–H and O–H groups in total. The average molecular weight is 375 g/mol. The maximum atomic E-state index is 12.9. The number of ether oxygens (including phenoxy) is 2. The molecule has 0 atom stereocenters. The molecule has 0 spiro atoms. The van der Waals surface area contributed by atoms with Gasteiger partial charge >= 0.3 is 6.18 Å². The lowest BCUT2D eigenvalue weighted by molar-refractivity contribution is -0.142. The van der Waals surface area contributed by atoms with Crippen molar-refractivity contribution in [3.05, 3.63) is 23.8 Å². The fourth-order valence-electron chi connectivity index (χ4n) is 2.41. The predicted molar refractivity (Wildman–Crippen MR) is 94.8 cm³/mol. The molecule has 0 bridgehead atoms. The molecule has 7 heteroatoms. The lowest BCUT2D eigenvalue weighted by Gasteiger charge is -2.31. The third-order valence-corrected chi connectivity index (χ3v) is 3.27. The number of rotatable bonds is 8. The van der Waals surface area contributed by atoms with Crippen molar-refractivity contribution in [2.75, 3.05) is 26.3 Å². The van der Waals surface area contributed by atoms with Gasteiger partial charge in [0.2, 0.25) is 0 Å². The second-order valence-electron chi connectivity index (χ2n) is 7.28. The van der Waals surface area contributed by atoms with Crippen LogP contribution in [0.3, 0.4) is 0 Å². The summed E-state index contributed by atoms with van der Waals surface area (Å²) < 4.78 is 49.8. The molecule has 4 nitrogen and oxygen atoms in total. The van der Waals surface area contributed by atoms with Crippen molar-refractivity contribution >= 4 is 5.91 Å². The molecule has 0 heterocycles. The lowest BCUT2D eigenvalue weighted by atomic mass is 9.95. The van der Waals surface area contributed by atoms with E-state index in [-0.39, 0.29) is 12.1 Å². The van der Waals surface area contributed by atoms with E-state index in [4.69, 9.17) is 9.47 Å². The number of amides is 1. The Kier molecular flexibility index (Phi) is 7.78. The highest BCUT2D eigenvalue weighted by Gasteiger charge is 2.35. The first-order valence-electron chi connectivity index (χ1n) is 8.72. The Balaban J connectivity index is 3.14. The van der Waals surface area contributed by atoms with Crippen molar-refractivity contribution < 1.29 is 27.4 Å². The van der Waals surface area contributed by atoms with Gasteiger partial charge in [-0.05, 0) is 37.0 Å². The second kappa shape index (κ2) is 9.14. The van der Waals surface area contributed by atoms with E-state index >= 15 is 0 Å². The average Bonchev–Trinajstić information content (AvgIpc) is 2.50. The minimum Gasteiger partial charge on any atom is -0.490 e. The first-order valence-corrected chi connectivity index (χ1v) is 8.72. The molecule has 1 amide bonds. The quantitative estimate of drug-likeness (QED) is 0.647. The third kappa shape index (κ3) is 7.54. The van der Waals surface area contributed by atoms with Crippen molar-refractivity contribution in [3.63, 3.8) is 0 Å². The van der Waals surface area contributed by atoms with Crippen LogP contribution >= 0.6 is 0 Å². The molecule has 0 fully saturated rings. The van der Waals surface area contributed by atoms with Gasteiger partial charge in [0.25, 0.3) is 5.91 Å². The van der Waals surface area contributed by atoms with Crippen molar-refractivity contribution in [1.29, 1.82) is 0 Å². The molecule has 0 aliphatic heterocycles. The first-order chi connectivity index (χ1) is 12.0. The van der Waals surface area contributed by atoms with Crippen LogP contribution in [-0.4, -0.2) is 43.3 Å². The first kappa shape index (κ1) is 22.1. The summed E-state index contributed by atoms with van der Waals surface area (Å²) >= 11 is 0. The molecule has 0 unspecified atom stereocenters. The van der Waals surface area contributed by atoms with Crippen LogP contribution in [0.25, 0.3) is 0 Å². The molecule has 0 saturated carbocycles. The third-order valence-electron chi connectivity index (χ3n) is 3.27. The van der Waals surface area contributed by atoms with E-state index in [1.807, 2.05) is 6.92 Å². The Hall–Kier alpha value is -1.92. The molecular weight excluding hydrogens is 347 g/mol. The molecule has 1 aromatic carbocycles. The van der Waals surface area contributed by atoms with Gasteiger partial charge in [0.15, 0.2) is 11.5 Å². The van der Waals surface area contributed by atoms with Crippen LogP contribution in [0, 0.1) is 5.41 Å². The smallest absolute Gasteiger partial charge is 0.406 e. The maximum absolute atomic E-state index is 12.9. The van der Waals surface area contributed by atoms with Crippen LogP contribution in [0.1, 0.15) is 51.4 Å². The zero-order chi connectivity index (χ0) is 20.0. The van der Waals surface area contributed by atoms with Gasteiger partial charge in [-0.3, -0.25) is 4.79 Å². The summed E-state index contributed by atoms with van der Waals surface area (Å²) in [5.41, 5.74) is -0.320. The Labute approximate surface area is 153 Å². The zero-order valence-electron chi connectivity index (χ0n) is 16.1. The van der Waals surface area contributed by atoms with Gasteiger partial charge in [0.05, 0.1) is 13.2 Å². The highest BCUT2D eigenvalue weighted by Crippen LogP contribution is 2.30. The van der Waals surface area contributed by atoms with E-state index in [0.717, 1.165) is 11.3 Å². The summed E-state index contributed by atoms with van der Waals surface area (Å²) in [7, 11) is 0. The van der Waals surface area contributed by atoms with Crippen molar-refractivity contribution in [1.82, 2.24) is 4.90 Å². The number of carbonyl (C=O) groups excluding carboxylic acids is 1. The molecule has 1 aromatic rings. The Morgan fingerprint density at radius 2 is 1.69 bits per heavy atom. The summed E-state index contributed by atoms with van der Waals surface area (Å²) in [5.74, 6) is 0.151. The van der Waals surface area contributed by atoms with Crippen LogP contribution in [-0.2, 0) is 0 Å². The lowest BCUT2D eigenvalue weighted by Crippen LogP contribution is -2.43. The SMILES string of the molecule is CCCOc1ccc(C(=O)N(CC(C)(C)C)CC(F)(F)F)cc1OCC. The number of halogens is 3. The minimum absolute atomic E-state index is 0.0105. The van der Waals surface area contributed by atoms with Gasteiger partial charge in [-0.1, -0.05) is 27.7 Å². The van der Waals surface area contributed by atoms with Gasteiger partial charge < -0.3 is 14.4 Å². The van der Waals surface area contributed by atoms with E-state index in [2.05, 4.69) is 0 Å². The normalized spacial score (nSPS) is 12.0. The number of benzene rings is 1. The minimum atomic E-state index is -4.46. The molecule has 0 saturated heterocycles. The summed E-state index contributed by atoms with van der Waals surface area (Å²) in [4.78, 5) is 13.5. The van der Waals surface area contributed by atoms with Crippen LogP contribution in [0.2, 0.25) is 0 Å². The number of hydrogen-bond acceptors (Lipinski definition) is 3. The summed E-state index contributed by atoms with van der Waals surface area (Å²) in [6, 6.07) is 4.49.